The van der Waals surface area contributed by atoms with Crippen LogP contribution < -0.4 is 0 Å². The third-order valence-electron chi connectivity index (χ3n) is 5.26. The lowest BCUT2D eigenvalue weighted by molar-refractivity contribution is -0.0368. The first-order valence-electron chi connectivity index (χ1n) is 10.8. The number of allylic oxidation sites excluding steroid dienone is 4. The molecule has 3 nitrogen and oxygen atoms in total. The van der Waals surface area contributed by atoms with Gasteiger partial charge < -0.3 is 14.2 Å². The third-order valence-corrected chi connectivity index (χ3v) is 5.26. The predicted octanol–water partition coefficient (Wildman–Crippen LogP) is 6.95. The molecule has 1 aliphatic heterocycles. The van der Waals surface area contributed by atoms with E-state index in [1.165, 1.54) is 18.2 Å². The van der Waals surface area contributed by atoms with Gasteiger partial charge in [-0.1, -0.05) is 51.5 Å². The SMILES string of the molecule is CC.CCCc1ccc(C2CCC(COC3=C(F)C(F)=C(OC)CC3)CO2)cc1. The molecule has 5 heteroatoms. The summed E-state index contributed by atoms with van der Waals surface area (Å²) in [6.07, 6.45) is 4.84. The van der Waals surface area contributed by atoms with Gasteiger partial charge >= 0.3 is 0 Å². The fraction of sp³-hybridized carbons (Fsp3) is 0.583. The maximum atomic E-state index is 14.0. The van der Waals surface area contributed by atoms with E-state index >= 15 is 0 Å². The van der Waals surface area contributed by atoms with Crippen molar-refractivity contribution in [1.82, 2.24) is 0 Å². The molecule has 1 saturated heterocycles. The molecule has 0 saturated carbocycles. The van der Waals surface area contributed by atoms with Crippen molar-refractivity contribution in [3.63, 3.8) is 0 Å². The van der Waals surface area contributed by atoms with Gasteiger partial charge in [-0.3, -0.25) is 0 Å². The van der Waals surface area contributed by atoms with Crippen LogP contribution in [0.2, 0.25) is 0 Å². The Hall–Kier alpha value is -1.88. The lowest BCUT2D eigenvalue weighted by atomic mass is 9.94. The molecule has 0 spiro atoms. The van der Waals surface area contributed by atoms with Gasteiger partial charge in [0.15, 0.2) is 11.7 Å². The van der Waals surface area contributed by atoms with Gasteiger partial charge in [0, 0.05) is 18.8 Å². The summed E-state index contributed by atoms with van der Waals surface area (Å²) >= 11 is 0. The van der Waals surface area contributed by atoms with Gasteiger partial charge in [0.25, 0.3) is 0 Å². The van der Waals surface area contributed by atoms with E-state index in [0.29, 0.717) is 26.1 Å². The van der Waals surface area contributed by atoms with Crippen LogP contribution in [0.5, 0.6) is 0 Å². The fourth-order valence-electron chi connectivity index (χ4n) is 3.62. The van der Waals surface area contributed by atoms with Gasteiger partial charge in [-0.15, -0.1) is 0 Å². The van der Waals surface area contributed by atoms with Crippen molar-refractivity contribution < 1.29 is 23.0 Å². The van der Waals surface area contributed by atoms with E-state index in [2.05, 4.69) is 31.2 Å². The zero-order chi connectivity index (χ0) is 21.2. The second kappa shape index (κ2) is 12.0. The standard InChI is InChI=1S/C22H28F2O3.C2H6/c1-3-4-15-5-8-17(9-6-15)18-10-7-16(13-26-18)14-27-20-12-11-19(25-2)21(23)22(20)24;1-2/h5-6,8-9,16,18H,3-4,7,10-14H2,1-2H3;1-2H3. The summed E-state index contributed by atoms with van der Waals surface area (Å²) in [5.74, 6) is -1.54. The summed E-state index contributed by atoms with van der Waals surface area (Å²) in [4.78, 5) is 0. The van der Waals surface area contributed by atoms with E-state index in [1.807, 2.05) is 13.8 Å². The summed E-state index contributed by atoms with van der Waals surface area (Å²) < 4.78 is 44.2. The Balaban J connectivity index is 0.00000145. The van der Waals surface area contributed by atoms with Gasteiger partial charge in [-0.2, -0.15) is 8.78 Å². The third kappa shape index (κ3) is 6.30. The first kappa shape index (κ1) is 23.4. The largest absolute Gasteiger partial charge is 0.498 e. The van der Waals surface area contributed by atoms with Crippen LogP contribution in [0.15, 0.2) is 47.4 Å². The monoisotopic (exact) mass is 408 g/mol. The molecule has 2 atom stereocenters. The second-order valence-corrected chi connectivity index (χ2v) is 7.25. The van der Waals surface area contributed by atoms with E-state index in [1.54, 1.807) is 0 Å². The smallest absolute Gasteiger partial charge is 0.199 e. The van der Waals surface area contributed by atoms with Crippen molar-refractivity contribution in [3.05, 3.63) is 58.6 Å². The van der Waals surface area contributed by atoms with Crippen molar-refractivity contribution in [2.45, 2.75) is 65.4 Å². The molecule has 2 aliphatic rings. The number of methoxy groups -OCH3 is 1. The van der Waals surface area contributed by atoms with E-state index in [4.69, 9.17) is 14.2 Å². The molecule has 1 aromatic rings. The van der Waals surface area contributed by atoms with Crippen LogP contribution in [0.1, 0.15) is 70.1 Å². The molecule has 3 rings (SSSR count). The van der Waals surface area contributed by atoms with Crippen molar-refractivity contribution >= 4 is 0 Å². The Morgan fingerprint density at radius 2 is 1.66 bits per heavy atom. The molecule has 0 aromatic heterocycles. The zero-order valence-corrected chi connectivity index (χ0v) is 18.1. The summed E-state index contributed by atoms with van der Waals surface area (Å²) in [7, 11) is 1.35. The zero-order valence-electron chi connectivity index (χ0n) is 18.1. The molecule has 29 heavy (non-hydrogen) atoms. The highest BCUT2D eigenvalue weighted by atomic mass is 19.2. The molecule has 0 radical (unpaired) electrons. The van der Waals surface area contributed by atoms with Gasteiger partial charge in [0.1, 0.15) is 11.5 Å². The molecule has 1 aliphatic carbocycles. The average Bonchev–Trinajstić information content (AvgIpc) is 2.77. The lowest BCUT2D eigenvalue weighted by Crippen LogP contribution is -2.24. The maximum Gasteiger partial charge on any atom is 0.199 e. The van der Waals surface area contributed by atoms with Crippen molar-refractivity contribution in [1.29, 1.82) is 0 Å². The highest BCUT2D eigenvalue weighted by molar-refractivity contribution is 5.29. The average molecular weight is 409 g/mol. The summed E-state index contributed by atoms with van der Waals surface area (Å²) in [5.41, 5.74) is 2.55. The number of rotatable bonds is 7. The molecule has 162 valence electrons. The van der Waals surface area contributed by atoms with Crippen molar-refractivity contribution in [2.75, 3.05) is 20.3 Å². The topological polar surface area (TPSA) is 27.7 Å². The highest BCUT2D eigenvalue weighted by Crippen LogP contribution is 2.35. The van der Waals surface area contributed by atoms with Crippen LogP contribution in [0.25, 0.3) is 0 Å². The molecule has 0 N–H and O–H groups in total. The van der Waals surface area contributed by atoms with Crippen molar-refractivity contribution in [3.8, 4) is 0 Å². The Labute approximate surface area is 173 Å². The van der Waals surface area contributed by atoms with Gasteiger partial charge in [0.05, 0.1) is 26.4 Å². The fourth-order valence-corrected chi connectivity index (χ4v) is 3.62. The Kier molecular flexibility index (Phi) is 9.65. The Morgan fingerprint density at radius 3 is 2.24 bits per heavy atom. The summed E-state index contributed by atoms with van der Waals surface area (Å²) in [6, 6.07) is 8.65. The van der Waals surface area contributed by atoms with Gasteiger partial charge in [0.2, 0.25) is 0 Å². The molecule has 0 bridgehead atoms. The molecular formula is C24H34F2O3. The minimum absolute atomic E-state index is 0.0497. The van der Waals surface area contributed by atoms with Gasteiger partial charge in [-0.25, -0.2) is 0 Å². The molecule has 1 aromatic carbocycles. The first-order valence-corrected chi connectivity index (χ1v) is 10.8. The number of hydrogen-bond donors (Lipinski definition) is 0. The van der Waals surface area contributed by atoms with Crippen LogP contribution in [0, 0.1) is 5.92 Å². The second-order valence-electron chi connectivity index (χ2n) is 7.25. The number of ether oxygens (including phenoxy) is 3. The molecule has 2 unspecified atom stereocenters. The number of aryl methyl sites for hydroxylation is 1. The van der Waals surface area contributed by atoms with Gasteiger partial charge in [-0.05, 0) is 30.4 Å². The predicted molar refractivity (Wildman–Crippen MR) is 112 cm³/mol. The number of hydrogen-bond acceptors (Lipinski definition) is 3. The van der Waals surface area contributed by atoms with Crippen LogP contribution in [0.3, 0.4) is 0 Å². The summed E-state index contributed by atoms with van der Waals surface area (Å²) in [5, 5.41) is 0. The maximum absolute atomic E-state index is 14.0. The van der Waals surface area contributed by atoms with Crippen LogP contribution in [-0.4, -0.2) is 20.3 Å². The van der Waals surface area contributed by atoms with E-state index in [0.717, 1.165) is 25.7 Å². The molecule has 0 amide bonds. The quantitative estimate of drug-likeness (QED) is 0.488. The number of halogens is 2. The molecule has 1 heterocycles. The number of benzene rings is 1. The molecular weight excluding hydrogens is 374 g/mol. The summed E-state index contributed by atoms with van der Waals surface area (Å²) in [6.45, 7) is 7.09. The van der Waals surface area contributed by atoms with E-state index in [9.17, 15) is 8.78 Å². The van der Waals surface area contributed by atoms with Crippen LogP contribution in [0.4, 0.5) is 8.78 Å². The first-order chi connectivity index (χ1) is 14.1. The normalized spacial score (nSPS) is 22.1. The highest BCUT2D eigenvalue weighted by Gasteiger charge is 2.27. The van der Waals surface area contributed by atoms with Crippen LogP contribution in [-0.2, 0) is 20.6 Å². The lowest BCUT2D eigenvalue weighted by Gasteiger charge is -2.30. The minimum atomic E-state index is -0.940. The Bertz CT molecular complexity index is 687. The minimum Gasteiger partial charge on any atom is -0.498 e. The Morgan fingerprint density at radius 1 is 1.00 bits per heavy atom. The van der Waals surface area contributed by atoms with Crippen molar-refractivity contribution in [2.24, 2.45) is 5.92 Å². The van der Waals surface area contributed by atoms with E-state index in [-0.39, 0.29) is 23.5 Å². The van der Waals surface area contributed by atoms with Crippen LogP contribution >= 0.6 is 0 Å². The molecule has 1 fully saturated rings. The van der Waals surface area contributed by atoms with E-state index < -0.39 is 11.7 Å².